The van der Waals surface area contributed by atoms with Crippen LogP contribution in [0.1, 0.15) is 42.6 Å². The molecule has 1 aromatic heterocycles. The van der Waals surface area contributed by atoms with Gasteiger partial charge in [-0.15, -0.1) is 0 Å². The van der Waals surface area contributed by atoms with Crippen LogP contribution in [0.4, 0.5) is 14.6 Å². The van der Waals surface area contributed by atoms with E-state index >= 15 is 0 Å². The van der Waals surface area contributed by atoms with Gasteiger partial charge < -0.3 is 19.7 Å². The summed E-state index contributed by atoms with van der Waals surface area (Å²) in [6, 6.07) is -0.758. The van der Waals surface area contributed by atoms with Crippen LogP contribution in [0.2, 0.25) is 0 Å². The molecule has 0 radical (unpaired) electrons. The van der Waals surface area contributed by atoms with Gasteiger partial charge in [-0.05, 0) is 31.1 Å². The molecule has 8 nitrogen and oxygen atoms in total. The van der Waals surface area contributed by atoms with Crippen molar-refractivity contribution < 1.29 is 27.8 Å². The van der Waals surface area contributed by atoms with E-state index in [-0.39, 0.29) is 17.4 Å². The highest BCUT2D eigenvalue weighted by Gasteiger charge is 2.46. The van der Waals surface area contributed by atoms with Gasteiger partial charge in [-0.3, -0.25) is 4.79 Å². The van der Waals surface area contributed by atoms with Crippen molar-refractivity contribution in [1.29, 1.82) is 0 Å². The molecule has 1 atom stereocenters. The van der Waals surface area contributed by atoms with Gasteiger partial charge in [0.15, 0.2) is 11.5 Å². The summed E-state index contributed by atoms with van der Waals surface area (Å²) in [6.07, 6.45) is 5.88. The van der Waals surface area contributed by atoms with Gasteiger partial charge in [0.05, 0.1) is 33.0 Å². The summed E-state index contributed by atoms with van der Waals surface area (Å²) in [5, 5.41) is 2.64. The molecule has 1 amide bonds. The molecule has 1 aromatic rings. The maximum atomic E-state index is 13.3. The van der Waals surface area contributed by atoms with E-state index in [2.05, 4.69) is 15.3 Å². The molecule has 1 saturated heterocycles. The van der Waals surface area contributed by atoms with Crippen molar-refractivity contribution >= 4 is 17.7 Å². The van der Waals surface area contributed by atoms with E-state index in [0.717, 1.165) is 25.7 Å². The second kappa shape index (κ2) is 7.72. The fourth-order valence-corrected chi connectivity index (χ4v) is 3.21. The Labute approximate surface area is 167 Å². The van der Waals surface area contributed by atoms with Gasteiger partial charge in [0.1, 0.15) is 6.04 Å². The minimum Gasteiger partial charge on any atom is -0.475 e. The van der Waals surface area contributed by atoms with Crippen LogP contribution in [0.3, 0.4) is 0 Å². The number of hydrogen-bond acceptors (Lipinski definition) is 7. The minimum absolute atomic E-state index is 0.0310. The Bertz CT molecular complexity index is 790. The zero-order valence-electron chi connectivity index (χ0n) is 16.2. The molecule has 10 heteroatoms. The normalized spacial score (nSPS) is 21.1. The van der Waals surface area contributed by atoms with E-state index in [1.165, 1.54) is 18.2 Å². The lowest BCUT2D eigenvalue weighted by Gasteiger charge is -2.39. The maximum Gasteiger partial charge on any atom is 0.328 e. The van der Waals surface area contributed by atoms with E-state index in [4.69, 9.17) is 9.47 Å². The molecule has 158 valence electrons. The largest absolute Gasteiger partial charge is 0.475 e. The topological polar surface area (TPSA) is 93.6 Å². The number of carbonyl (C=O) groups is 2. The third-order valence-electron chi connectivity index (χ3n) is 5.31. The second-order valence-corrected chi connectivity index (χ2v) is 8.08. The molecule has 0 aromatic carbocycles. The van der Waals surface area contributed by atoms with E-state index in [1.807, 2.05) is 0 Å². The van der Waals surface area contributed by atoms with Crippen LogP contribution < -0.4 is 15.0 Å². The molecule has 29 heavy (non-hydrogen) atoms. The fraction of sp³-hybridized carbons (Fsp3) is 0.684. The lowest BCUT2D eigenvalue weighted by Crippen LogP contribution is -2.56. The number of aromatic nitrogens is 2. The molecule has 1 aliphatic heterocycles. The van der Waals surface area contributed by atoms with Crippen LogP contribution in [0.5, 0.6) is 5.88 Å². The standard InChI is InChI=1S/C19H24F2N4O4/c1-28-18(27)13(6-11-2-3-11)23-16(26)14-7-22-15(25-9-19(20,21)10-25)17(24-14)29-8-12-4-5-12/h7,11-13H,2-6,8-10H2,1H3,(H,23,26). The number of hydrogen-bond donors (Lipinski definition) is 1. The summed E-state index contributed by atoms with van der Waals surface area (Å²) >= 11 is 0. The Balaban J connectivity index is 1.48. The molecule has 2 aliphatic carbocycles. The number of esters is 1. The summed E-state index contributed by atoms with van der Waals surface area (Å²) in [6.45, 7) is -0.513. The maximum absolute atomic E-state index is 13.3. The highest BCUT2D eigenvalue weighted by molar-refractivity contribution is 5.95. The van der Waals surface area contributed by atoms with Crippen molar-refractivity contribution in [1.82, 2.24) is 15.3 Å². The lowest BCUT2D eigenvalue weighted by atomic mass is 10.1. The van der Waals surface area contributed by atoms with Crippen molar-refractivity contribution in [3.63, 3.8) is 0 Å². The van der Waals surface area contributed by atoms with E-state index in [1.54, 1.807) is 0 Å². The quantitative estimate of drug-likeness (QED) is 0.621. The lowest BCUT2D eigenvalue weighted by molar-refractivity contribution is -0.143. The first kappa shape index (κ1) is 19.8. The molecule has 3 aliphatic rings. The van der Waals surface area contributed by atoms with Crippen LogP contribution in [0, 0.1) is 11.8 Å². The number of ether oxygens (including phenoxy) is 2. The zero-order chi connectivity index (χ0) is 20.6. The zero-order valence-corrected chi connectivity index (χ0v) is 16.2. The summed E-state index contributed by atoms with van der Waals surface area (Å²) in [7, 11) is 1.27. The van der Waals surface area contributed by atoms with Gasteiger partial charge >= 0.3 is 5.97 Å². The molecular weight excluding hydrogens is 386 g/mol. The smallest absolute Gasteiger partial charge is 0.328 e. The Morgan fingerprint density at radius 3 is 2.55 bits per heavy atom. The summed E-state index contributed by atoms with van der Waals surface area (Å²) in [4.78, 5) is 34.4. The number of methoxy groups -OCH3 is 1. The Kier molecular flexibility index (Phi) is 5.26. The van der Waals surface area contributed by atoms with Gasteiger partial charge in [-0.25, -0.2) is 23.5 Å². The average Bonchev–Trinajstić information content (AvgIpc) is 3.58. The van der Waals surface area contributed by atoms with Crippen molar-refractivity contribution in [2.24, 2.45) is 11.8 Å². The van der Waals surface area contributed by atoms with Crippen LogP contribution >= 0.6 is 0 Å². The number of carbonyl (C=O) groups excluding carboxylic acids is 2. The SMILES string of the molecule is COC(=O)C(CC1CC1)NC(=O)c1cnc(N2CC(F)(F)C2)c(OCC2CC2)n1. The molecule has 1 unspecified atom stereocenters. The van der Waals surface area contributed by atoms with E-state index in [0.29, 0.717) is 24.9 Å². The number of nitrogens with one attached hydrogen (secondary N) is 1. The number of alkyl halides is 2. The van der Waals surface area contributed by atoms with Crippen molar-refractivity contribution in [2.75, 3.05) is 31.7 Å². The summed E-state index contributed by atoms with van der Waals surface area (Å²) in [5.41, 5.74) is -0.0310. The molecule has 1 N–H and O–H groups in total. The average molecular weight is 410 g/mol. The molecule has 2 heterocycles. The van der Waals surface area contributed by atoms with Gasteiger partial charge in [-0.2, -0.15) is 0 Å². The number of rotatable bonds is 9. The molecular formula is C19H24F2N4O4. The van der Waals surface area contributed by atoms with Gasteiger partial charge in [0.25, 0.3) is 17.7 Å². The fourth-order valence-electron chi connectivity index (χ4n) is 3.21. The Morgan fingerprint density at radius 1 is 1.28 bits per heavy atom. The van der Waals surface area contributed by atoms with Gasteiger partial charge in [0.2, 0.25) is 0 Å². The molecule has 4 rings (SSSR count). The van der Waals surface area contributed by atoms with Gasteiger partial charge in [0, 0.05) is 0 Å². The van der Waals surface area contributed by atoms with Crippen LogP contribution in [-0.2, 0) is 9.53 Å². The Morgan fingerprint density at radius 2 is 1.97 bits per heavy atom. The predicted octanol–water partition coefficient (Wildman–Crippen LogP) is 1.79. The van der Waals surface area contributed by atoms with Crippen LogP contribution in [0.25, 0.3) is 0 Å². The summed E-state index contributed by atoms with van der Waals surface area (Å²) < 4.78 is 37.0. The first-order valence-corrected chi connectivity index (χ1v) is 9.86. The van der Waals surface area contributed by atoms with Crippen LogP contribution in [0.15, 0.2) is 6.20 Å². The molecule has 2 saturated carbocycles. The van der Waals surface area contributed by atoms with Crippen molar-refractivity contribution in [3.8, 4) is 5.88 Å². The van der Waals surface area contributed by atoms with E-state index in [9.17, 15) is 18.4 Å². The monoisotopic (exact) mass is 410 g/mol. The highest BCUT2D eigenvalue weighted by atomic mass is 19.3. The third kappa shape index (κ3) is 4.91. The number of nitrogens with zero attached hydrogens (tertiary/aromatic N) is 3. The molecule has 0 bridgehead atoms. The minimum atomic E-state index is -2.76. The van der Waals surface area contributed by atoms with Gasteiger partial charge in [-0.1, -0.05) is 12.8 Å². The summed E-state index contributed by atoms with van der Waals surface area (Å²) in [5.74, 6) is -2.76. The number of anilines is 1. The molecule has 0 spiro atoms. The second-order valence-electron chi connectivity index (χ2n) is 8.08. The first-order valence-electron chi connectivity index (χ1n) is 9.86. The molecule has 3 fully saturated rings. The van der Waals surface area contributed by atoms with Crippen LogP contribution in [-0.4, -0.2) is 60.6 Å². The van der Waals surface area contributed by atoms with Crippen molar-refractivity contribution in [2.45, 2.75) is 44.1 Å². The van der Waals surface area contributed by atoms with E-state index < -0.39 is 36.9 Å². The number of halogens is 2. The highest BCUT2D eigenvalue weighted by Crippen LogP contribution is 2.37. The first-order chi connectivity index (χ1) is 13.8. The third-order valence-corrected chi connectivity index (χ3v) is 5.31. The number of amides is 1. The van der Waals surface area contributed by atoms with Crippen molar-refractivity contribution in [3.05, 3.63) is 11.9 Å². The predicted molar refractivity (Wildman–Crippen MR) is 98.0 cm³/mol. The Hall–Kier alpha value is -2.52.